The molecule has 0 radical (unpaired) electrons. The molecule has 0 bridgehead atoms. The minimum Gasteiger partial charge on any atom is -0.507 e. The molecule has 14 heteroatoms. The van der Waals surface area contributed by atoms with Gasteiger partial charge in [-0.1, -0.05) is 24.6 Å². The third-order valence-corrected chi connectivity index (χ3v) is 10.0. The number of methoxy groups -OCH3 is 1. The predicted molar refractivity (Wildman–Crippen MR) is 173 cm³/mol. The van der Waals surface area contributed by atoms with Gasteiger partial charge in [-0.3, -0.25) is 14.4 Å². The number of aliphatic hydroxyl groups is 3. The van der Waals surface area contributed by atoms with Crippen molar-refractivity contribution in [2.75, 3.05) is 13.7 Å². The van der Waals surface area contributed by atoms with Gasteiger partial charge in [-0.05, 0) is 44.7 Å². The molecule has 268 valence electrons. The summed E-state index contributed by atoms with van der Waals surface area (Å²) >= 11 is 0. The first kappa shape index (κ1) is 35.5. The molecule has 50 heavy (non-hydrogen) atoms. The summed E-state index contributed by atoms with van der Waals surface area (Å²) in [4.78, 5) is 53.4. The normalized spacial score (nSPS) is 29.8. The first-order chi connectivity index (χ1) is 23.9. The van der Waals surface area contributed by atoms with Gasteiger partial charge in [0, 0.05) is 36.0 Å². The van der Waals surface area contributed by atoms with Crippen LogP contribution in [-0.2, 0) is 25.4 Å². The van der Waals surface area contributed by atoms with Crippen LogP contribution in [-0.4, -0.2) is 98.9 Å². The Bertz CT molecular complexity index is 1740. The molecular formula is C36H41NO13. The van der Waals surface area contributed by atoms with Crippen LogP contribution in [0.4, 0.5) is 4.79 Å². The second-order valence-corrected chi connectivity index (χ2v) is 13.3. The number of phenolic OH excluding ortho intramolecular Hbond substituents is 2. The number of carbonyl (C=O) groups is 4. The number of benzene rings is 2. The molecule has 1 saturated heterocycles. The number of ketones is 3. The molecule has 1 heterocycles. The van der Waals surface area contributed by atoms with E-state index >= 15 is 0 Å². The molecular weight excluding hydrogens is 654 g/mol. The van der Waals surface area contributed by atoms with Gasteiger partial charge in [0.2, 0.25) is 5.78 Å². The van der Waals surface area contributed by atoms with E-state index in [2.05, 4.69) is 5.32 Å². The van der Waals surface area contributed by atoms with Gasteiger partial charge in [0.1, 0.15) is 41.7 Å². The summed E-state index contributed by atoms with van der Waals surface area (Å²) in [5.74, 6) is -3.98. The highest BCUT2D eigenvalue weighted by Crippen LogP contribution is 2.52. The van der Waals surface area contributed by atoms with Crippen LogP contribution in [0, 0.1) is 0 Å². The number of phenols is 2. The summed E-state index contributed by atoms with van der Waals surface area (Å²) < 4.78 is 23.0. The molecule has 1 aliphatic heterocycles. The molecule has 7 atom stereocenters. The maximum Gasteiger partial charge on any atom is 0.408 e. The monoisotopic (exact) mass is 695 g/mol. The Kier molecular flexibility index (Phi) is 10.0. The maximum atomic E-state index is 13.9. The van der Waals surface area contributed by atoms with Crippen molar-refractivity contribution in [3.63, 3.8) is 0 Å². The van der Waals surface area contributed by atoms with Crippen LogP contribution in [0.1, 0.15) is 101 Å². The average Bonchev–Trinajstić information content (AvgIpc) is 3.07. The molecule has 14 nitrogen and oxygen atoms in total. The van der Waals surface area contributed by atoms with Gasteiger partial charge >= 0.3 is 6.09 Å². The van der Waals surface area contributed by atoms with Crippen molar-refractivity contribution in [3.8, 4) is 17.2 Å². The number of amides is 1. The quantitative estimate of drug-likeness (QED) is 0.155. The number of fused-ring (bicyclic) bond motifs is 3. The van der Waals surface area contributed by atoms with E-state index in [4.69, 9.17) is 18.9 Å². The summed E-state index contributed by atoms with van der Waals surface area (Å²) in [6.07, 6.45) is 1.13. The first-order valence-corrected chi connectivity index (χ1v) is 16.7. The fourth-order valence-corrected chi connectivity index (χ4v) is 7.41. The second-order valence-electron chi connectivity index (χ2n) is 13.3. The van der Waals surface area contributed by atoms with Gasteiger partial charge in [-0.15, -0.1) is 0 Å². The SMILES string of the molecule is COc1cccc2c1C(=O)c1c(O)c3c(c(O)c1C2=O)CC(O)(C(=O)CO)CC3OC1CC(NC(=O)OC2/C=C/CCCCC2)C(O)C(C)O1. The molecule has 0 aromatic heterocycles. The number of ether oxygens (including phenoxy) is 4. The highest BCUT2D eigenvalue weighted by atomic mass is 16.7. The van der Waals surface area contributed by atoms with Crippen molar-refractivity contribution in [2.24, 2.45) is 0 Å². The molecule has 1 amide bonds. The van der Waals surface area contributed by atoms with E-state index < -0.39 is 108 Å². The van der Waals surface area contributed by atoms with Gasteiger partial charge in [0.05, 0.1) is 42.0 Å². The van der Waals surface area contributed by atoms with Gasteiger partial charge in [-0.2, -0.15) is 0 Å². The van der Waals surface area contributed by atoms with Gasteiger partial charge in [-0.25, -0.2) is 4.79 Å². The van der Waals surface area contributed by atoms with Crippen LogP contribution in [0.3, 0.4) is 0 Å². The standard InChI is InChI=1S/C36H41NO13/c1-17-30(40)21(37-35(45)49-18-9-6-4-3-5-7-10-18)13-25(48-17)50-23-15-36(46,24(39)16-38)14-20-27(23)34(44)29-28(32(20)42)31(41)19-11-8-12-22(47-2)26(19)33(29)43/h6,8-9,11-12,17-18,21,23,25,30,38,40,42,44,46H,3-5,7,10,13-16H2,1-2H3,(H,37,45)/b9-6+. The van der Waals surface area contributed by atoms with Crippen molar-refractivity contribution < 1.29 is 63.7 Å². The molecule has 3 aliphatic carbocycles. The fourth-order valence-electron chi connectivity index (χ4n) is 7.41. The van der Waals surface area contributed by atoms with Crippen LogP contribution in [0.2, 0.25) is 0 Å². The van der Waals surface area contributed by atoms with Crippen molar-refractivity contribution in [1.29, 1.82) is 0 Å². The number of rotatable bonds is 7. The average molecular weight is 696 g/mol. The minimum atomic E-state index is -2.32. The number of aromatic hydroxyl groups is 2. The Balaban J connectivity index is 1.33. The summed E-state index contributed by atoms with van der Waals surface area (Å²) in [7, 11) is 1.31. The predicted octanol–water partition coefficient (Wildman–Crippen LogP) is 2.66. The van der Waals surface area contributed by atoms with Gasteiger partial charge < -0.3 is 49.8 Å². The molecule has 2 aromatic rings. The van der Waals surface area contributed by atoms with Crippen molar-refractivity contribution >= 4 is 23.4 Å². The second kappa shape index (κ2) is 14.1. The molecule has 0 saturated carbocycles. The van der Waals surface area contributed by atoms with Crippen molar-refractivity contribution in [2.45, 2.75) is 101 Å². The van der Waals surface area contributed by atoms with E-state index in [9.17, 15) is 44.7 Å². The molecule has 2 aromatic carbocycles. The molecule has 4 aliphatic rings. The molecule has 1 fully saturated rings. The Morgan fingerprint density at radius 1 is 1.06 bits per heavy atom. The number of carbonyl (C=O) groups excluding carboxylic acids is 4. The number of nitrogens with one attached hydrogen (secondary N) is 1. The van der Waals surface area contributed by atoms with Crippen LogP contribution in [0.25, 0.3) is 0 Å². The maximum absolute atomic E-state index is 13.9. The number of allylic oxidation sites excluding steroid dienone is 1. The first-order valence-electron chi connectivity index (χ1n) is 16.7. The van der Waals surface area contributed by atoms with E-state index in [0.717, 1.165) is 25.7 Å². The summed E-state index contributed by atoms with van der Waals surface area (Å²) in [5.41, 5.74) is -3.93. The van der Waals surface area contributed by atoms with Crippen molar-refractivity contribution in [1.82, 2.24) is 5.32 Å². The van der Waals surface area contributed by atoms with Crippen LogP contribution in [0.15, 0.2) is 30.4 Å². The van der Waals surface area contributed by atoms with E-state index in [0.29, 0.717) is 6.42 Å². The zero-order valence-corrected chi connectivity index (χ0v) is 27.7. The summed E-state index contributed by atoms with van der Waals surface area (Å²) in [6.45, 7) is 0.487. The highest BCUT2D eigenvalue weighted by Gasteiger charge is 2.50. The minimum absolute atomic E-state index is 0.0737. The lowest BCUT2D eigenvalue weighted by Gasteiger charge is -2.42. The smallest absolute Gasteiger partial charge is 0.408 e. The summed E-state index contributed by atoms with van der Waals surface area (Å²) in [5, 5.41) is 58.1. The topological polar surface area (TPSA) is 218 Å². The third kappa shape index (κ3) is 6.37. The molecule has 0 spiro atoms. The lowest BCUT2D eigenvalue weighted by molar-refractivity contribution is -0.249. The lowest BCUT2D eigenvalue weighted by Crippen LogP contribution is -2.56. The number of aliphatic hydroxyl groups excluding tert-OH is 2. The van der Waals surface area contributed by atoms with Gasteiger partial charge in [0.25, 0.3) is 0 Å². The van der Waals surface area contributed by atoms with Gasteiger partial charge in [0.15, 0.2) is 17.9 Å². The zero-order chi connectivity index (χ0) is 35.9. The fraction of sp³-hybridized carbons (Fsp3) is 0.500. The Labute approximate surface area is 287 Å². The Morgan fingerprint density at radius 2 is 1.82 bits per heavy atom. The van der Waals surface area contributed by atoms with E-state index in [-0.39, 0.29) is 34.4 Å². The molecule has 6 rings (SSSR count). The van der Waals surface area contributed by atoms with E-state index in [1.807, 2.05) is 12.2 Å². The van der Waals surface area contributed by atoms with Crippen LogP contribution >= 0.6 is 0 Å². The number of Topliss-reactive ketones (excluding diaryl/α,β-unsaturated/α-hetero) is 1. The third-order valence-electron chi connectivity index (χ3n) is 10.0. The largest absolute Gasteiger partial charge is 0.507 e. The number of hydrogen-bond donors (Lipinski definition) is 6. The molecule has 6 N–H and O–H groups in total. The highest BCUT2D eigenvalue weighted by molar-refractivity contribution is 6.31. The number of alkyl carbamates (subject to hydrolysis) is 1. The summed E-state index contributed by atoms with van der Waals surface area (Å²) in [6, 6.07) is 3.41. The number of hydrogen-bond acceptors (Lipinski definition) is 13. The Morgan fingerprint density at radius 3 is 2.56 bits per heavy atom. The van der Waals surface area contributed by atoms with Crippen LogP contribution < -0.4 is 10.1 Å². The van der Waals surface area contributed by atoms with Crippen molar-refractivity contribution in [3.05, 3.63) is 63.7 Å². The van der Waals surface area contributed by atoms with E-state index in [1.54, 1.807) is 6.92 Å². The van der Waals surface area contributed by atoms with Crippen LogP contribution in [0.5, 0.6) is 17.2 Å². The van der Waals surface area contributed by atoms with E-state index in [1.165, 1.54) is 25.3 Å². The Hall–Kier alpha value is -4.34. The molecule has 7 unspecified atom stereocenters. The lowest BCUT2D eigenvalue weighted by atomic mass is 9.72. The zero-order valence-electron chi connectivity index (χ0n) is 27.7.